The smallest absolute Gasteiger partial charge is 0.245 e. The van der Waals surface area contributed by atoms with E-state index in [1.165, 1.54) is 6.07 Å². The average molecular weight is 358 g/mol. The Bertz CT molecular complexity index is 922. The minimum Gasteiger partial charge on any atom is -0.311 e. The number of sulfonamides is 1. The summed E-state index contributed by atoms with van der Waals surface area (Å²) in [5, 5.41) is 0. The number of hydrogen-bond donors (Lipinski definition) is 1. The third kappa shape index (κ3) is 3.60. The van der Waals surface area contributed by atoms with Crippen LogP contribution in [0.3, 0.4) is 0 Å². The van der Waals surface area contributed by atoms with E-state index < -0.39 is 16.1 Å². The first-order valence-electron chi connectivity index (χ1n) is 8.25. The number of nitrogens with one attached hydrogen (secondary N) is 1. The van der Waals surface area contributed by atoms with E-state index in [9.17, 15) is 13.2 Å². The molecule has 1 atom stereocenters. The van der Waals surface area contributed by atoms with E-state index in [2.05, 4.69) is 4.72 Å². The Morgan fingerprint density at radius 1 is 1.04 bits per heavy atom. The van der Waals surface area contributed by atoms with Crippen LogP contribution in [0.25, 0.3) is 0 Å². The van der Waals surface area contributed by atoms with Gasteiger partial charge in [-0.2, -0.15) is 4.72 Å². The number of anilines is 1. The van der Waals surface area contributed by atoms with Crippen molar-refractivity contribution in [3.63, 3.8) is 0 Å². The summed E-state index contributed by atoms with van der Waals surface area (Å²) < 4.78 is 27.6. The lowest BCUT2D eigenvalue weighted by Crippen LogP contribution is -2.41. The molecule has 1 N–H and O–H groups in total. The molecule has 0 spiro atoms. The topological polar surface area (TPSA) is 66.5 Å². The van der Waals surface area contributed by atoms with Gasteiger partial charge in [0, 0.05) is 12.2 Å². The van der Waals surface area contributed by atoms with E-state index in [4.69, 9.17) is 0 Å². The number of nitrogens with zero attached hydrogens (tertiary/aromatic N) is 1. The number of aryl methyl sites for hydroxylation is 3. The van der Waals surface area contributed by atoms with E-state index in [1.807, 2.05) is 45.0 Å². The van der Waals surface area contributed by atoms with Crippen molar-refractivity contribution in [2.24, 2.45) is 0 Å². The van der Waals surface area contributed by atoms with Gasteiger partial charge in [0.2, 0.25) is 15.9 Å². The molecule has 1 heterocycles. The van der Waals surface area contributed by atoms with Crippen LogP contribution in [0.2, 0.25) is 0 Å². The van der Waals surface area contributed by atoms with Gasteiger partial charge in [-0.3, -0.25) is 4.79 Å². The van der Waals surface area contributed by atoms with E-state index in [0.717, 1.165) is 22.4 Å². The predicted octanol–water partition coefficient (Wildman–Crippen LogP) is 2.70. The summed E-state index contributed by atoms with van der Waals surface area (Å²) in [4.78, 5) is 14.5. The molecule has 0 saturated carbocycles. The minimum absolute atomic E-state index is 0.185. The molecule has 1 fully saturated rings. The quantitative estimate of drug-likeness (QED) is 0.914. The standard InChI is InChI=1S/C19H22N2O3S/c1-13-5-4-6-17(11-13)25(23,24)20-18-9-10-21(19(18)22)16-8-7-14(2)15(3)12-16/h4-8,11-12,18,20H,9-10H2,1-3H3. The molecule has 1 aliphatic heterocycles. The molecular formula is C19H22N2O3S. The van der Waals surface area contributed by atoms with Gasteiger partial charge in [-0.15, -0.1) is 0 Å². The molecule has 0 radical (unpaired) electrons. The zero-order valence-electron chi connectivity index (χ0n) is 14.6. The molecule has 25 heavy (non-hydrogen) atoms. The number of rotatable bonds is 4. The fourth-order valence-electron chi connectivity index (χ4n) is 2.98. The Balaban J connectivity index is 1.79. The van der Waals surface area contributed by atoms with Crippen LogP contribution in [0, 0.1) is 20.8 Å². The van der Waals surface area contributed by atoms with Crippen molar-refractivity contribution in [3.05, 3.63) is 59.2 Å². The zero-order chi connectivity index (χ0) is 18.2. The summed E-state index contributed by atoms with van der Waals surface area (Å²) in [5.74, 6) is -0.209. The first-order valence-corrected chi connectivity index (χ1v) is 9.74. The minimum atomic E-state index is -3.72. The molecule has 5 nitrogen and oxygen atoms in total. The van der Waals surface area contributed by atoms with E-state index in [1.54, 1.807) is 17.0 Å². The van der Waals surface area contributed by atoms with Crippen molar-refractivity contribution >= 4 is 21.6 Å². The van der Waals surface area contributed by atoms with Crippen molar-refractivity contribution in [1.29, 1.82) is 0 Å². The van der Waals surface area contributed by atoms with Crippen molar-refractivity contribution in [2.75, 3.05) is 11.4 Å². The van der Waals surface area contributed by atoms with Gasteiger partial charge in [0.05, 0.1) is 4.90 Å². The van der Waals surface area contributed by atoms with Crippen LogP contribution in [0.5, 0.6) is 0 Å². The van der Waals surface area contributed by atoms with Gasteiger partial charge in [-0.05, 0) is 68.1 Å². The van der Waals surface area contributed by atoms with Gasteiger partial charge in [-0.25, -0.2) is 8.42 Å². The lowest BCUT2D eigenvalue weighted by Gasteiger charge is -2.18. The van der Waals surface area contributed by atoms with Crippen LogP contribution < -0.4 is 9.62 Å². The second-order valence-electron chi connectivity index (χ2n) is 6.54. The van der Waals surface area contributed by atoms with E-state index >= 15 is 0 Å². The number of hydrogen-bond acceptors (Lipinski definition) is 3. The fourth-order valence-corrected chi connectivity index (χ4v) is 4.31. The Kier molecular flexibility index (Phi) is 4.67. The monoisotopic (exact) mass is 358 g/mol. The Labute approximate surface area is 148 Å². The van der Waals surface area contributed by atoms with Gasteiger partial charge in [0.1, 0.15) is 6.04 Å². The molecule has 2 aromatic carbocycles. The highest BCUT2D eigenvalue weighted by Crippen LogP contribution is 2.25. The second-order valence-corrected chi connectivity index (χ2v) is 8.25. The SMILES string of the molecule is Cc1cccc(S(=O)(=O)NC2CCN(c3ccc(C)c(C)c3)C2=O)c1. The van der Waals surface area contributed by atoms with Crippen molar-refractivity contribution in [3.8, 4) is 0 Å². The first kappa shape index (κ1) is 17.6. The first-order chi connectivity index (χ1) is 11.8. The predicted molar refractivity (Wildman–Crippen MR) is 98.2 cm³/mol. The summed E-state index contributed by atoms with van der Waals surface area (Å²) in [6, 6.07) is 11.8. The molecule has 1 amide bonds. The molecule has 3 rings (SSSR count). The van der Waals surface area contributed by atoms with Crippen molar-refractivity contribution in [1.82, 2.24) is 4.72 Å². The van der Waals surface area contributed by atoms with Crippen LogP contribution in [-0.4, -0.2) is 26.9 Å². The van der Waals surface area contributed by atoms with E-state index in [-0.39, 0.29) is 10.8 Å². The second kappa shape index (κ2) is 6.61. The van der Waals surface area contributed by atoms with Crippen LogP contribution in [-0.2, 0) is 14.8 Å². The maximum atomic E-state index is 12.7. The lowest BCUT2D eigenvalue weighted by atomic mass is 10.1. The summed E-state index contributed by atoms with van der Waals surface area (Å²) in [6.07, 6.45) is 0.455. The summed E-state index contributed by atoms with van der Waals surface area (Å²) in [5.41, 5.74) is 3.93. The third-order valence-corrected chi connectivity index (χ3v) is 6.07. The molecule has 2 aromatic rings. The number of carbonyl (C=O) groups is 1. The maximum Gasteiger partial charge on any atom is 0.245 e. The van der Waals surface area contributed by atoms with Gasteiger partial charge in [-0.1, -0.05) is 18.2 Å². The third-order valence-electron chi connectivity index (χ3n) is 4.60. The Hall–Kier alpha value is -2.18. The normalized spacial score (nSPS) is 18.0. The molecule has 0 aliphatic carbocycles. The largest absolute Gasteiger partial charge is 0.311 e. The molecule has 6 heteroatoms. The van der Waals surface area contributed by atoms with Crippen molar-refractivity contribution < 1.29 is 13.2 Å². The lowest BCUT2D eigenvalue weighted by molar-refractivity contribution is -0.118. The molecule has 1 unspecified atom stereocenters. The van der Waals surface area contributed by atoms with Gasteiger partial charge in [0.15, 0.2) is 0 Å². The van der Waals surface area contributed by atoms with Crippen LogP contribution in [0.4, 0.5) is 5.69 Å². The number of amides is 1. The highest BCUT2D eigenvalue weighted by Gasteiger charge is 2.35. The fraction of sp³-hybridized carbons (Fsp3) is 0.316. The molecule has 0 bridgehead atoms. The summed E-state index contributed by atoms with van der Waals surface area (Å²) >= 11 is 0. The van der Waals surface area contributed by atoms with E-state index in [0.29, 0.717) is 13.0 Å². The molecule has 132 valence electrons. The number of benzene rings is 2. The maximum absolute atomic E-state index is 12.7. The van der Waals surface area contributed by atoms with Crippen LogP contribution in [0.15, 0.2) is 47.4 Å². The molecule has 0 aromatic heterocycles. The Morgan fingerprint density at radius 2 is 1.80 bits per heavy atom. The zero-order valence-corrected chi connectivity index (χ0v) is 15.4. The molecular weight excluding hydrogens is 336 g/mol. The number of carbonyl (C=O) groups excluding carboxylic acids is 1. The van der Waals surface area contributed by atoms with Gasteiger partial charge >= 0.3 is 0 Å². The summed E-state index contributed by atoms with van der Waals surface area (Å²) in [6.45, 7) is 6.35. The highest BCUT2D eigenvalue weighted by molar-refractivity contribution is 7.89. The molecule has 1 aliphatic rings. The van der Waals surface area contributed by atoms with Crippen LogP contribution in [0.1, 0.15) is 23.1 Å². The van der Waals surface area contributed by atoms with Crippen LogP contribution >= 0.6 is 0 Å². The van der Waals surface area contributed by atoms with Gasteiger partial charge < -0.3 is 4.90 Å². The summed E-state index contributed by atoms with van der Waals surface area (Å²) in [7, 11) is -3.72. The average Bonchev–Trinajstić information content (AvgIpc) is 2.90. The van der Waals surface area contributed by atoms with Crippen molar-refractivity contribution in [2.45, 2.75) is 38.1 Å². The van der Waals surface area contributed by atoms with Gasteiger partial charge in [0.25, 0.3) is 0 Å². The Morgan fingerprint density at radius 3 is 2.48 bits per heavy atom. The molecule has 1 saturated heterocycles. The highest BCUT2D eigenvalue weighted by atomic mass is 32.2.